The smallest absolute Gasteiger partial charge is 0.00459 e. The fourth-order valence-electron chi connectivity index (χ4n) is 3.67. The van der Waals surface area contributed by atoms with Crippen LogP contribution in [0.25, 0.3) is 0 Å². The highest BCUT2D eigenvalue weighted by molar-refractivity contribution is 7.80. The Bertz CT molecular complexity index is 211. The van der Waals surface area contributed by atoms with Crippen molar-refractivity contribution in [2.75, 3.05) is 25.4 Å². The summed E-state index contributed by atoms with van der Waals surface area (Å²) in [5, 5.41) is 0. The fourth-order valence-corrected chi connectivity index (χ4v) is 4.08. The minimum absolute atomic E-state index is 0.574. The lowest BCUT2D eigenvalue weighted by Crippen LogP contribution is -2.36. The summed E-state index contributed by atoms with van der Waals surface area (Å²) >= 11 is 4.61. The Balaban J connectivity index is 1.81. The summed E-state index contributed by atoms with van der Waals surface area (Å²) in [6.45, 7) is 6.36. The molecule has 2 aliphatic rings. The molecule has 94 valence electrons. The van der Waals surface area contributed by atoms with Crippen molar-refractivity contribution in [3.63, 3.8) is 0 Å². The van der Waals surface area contributed by atoms with Crippen molar-refractivity contribution in [2.24, 2.45) is 11.3 Å². The quantitative estimate of drug-likeness (QED) is 0.720. The number of hydrogen-bond donors (Lipinski definition) is 1. The van der Waals surface area contributed by atoms with Crippen LogP contribution < -0.4 is 0 Å². The predicted molar refractivity (Wildman–Crippen MR) is 74.2 cm³/mol. The van der Waals surface area contributed by atoms with E-state index in [1.165, 1.54) is 64.6 Å². The second-order valence-corrected chi connectivity index (χ2v) is 6.36. The number of nitrogens with zero attached hydrogens (tertiary/aromatic N) is 1. The largest absolute Gasteiger partial charge is 0.302 e. The van der Waals surface area contributed by atoms with Crippen molar-refractivity contribution >= 4 is 12.6 Å². The molecule has 1 nitrogen and oxygen atoms in total. The monoisotopic (exact) mass is 241 g/mol. The third kappa shape index (κ3) is 2.95. The fraction of sp³-hybridized carbons (Fsp3) is 1.00. The Morgan fingerprint density at radius 3 is 2.69 bits per heavy atom. The van der Waals surface area contributed by atoms with Crippen LogP contribution in [0.2, 0.25) is 0 Å². The number of hydrogen-bond acceptors (Lipinski definition) is 2. The molecular formula is C14H27NS. The molecule has 0 amide bonds. The van der Waals surface area contributed by atoms with Gasteiger partial charge in [0.25, 0.3) is 0 Å². The van der Waals surface area contributed by atoms with Crippen LogP contribution in [-0.2, 0) is 0 Å². The van der Waals surface area contributed by atoms with E-state index in [9.17, 15) is 0 Å². The summed E-state index contributed by atoms with van der Waals surface area (Å²) in [6, 6.07) is 0. The van der Waals surface area contributed by atoms with Crippen molar-refractivity contribution in [1.29, 1.82) is 0 Å². The number of thiol groups is 1. The van der Waals surface area contributed by atoms with Gasteiger partial charge in [0.15, 0.2) is 0 Å². The van der Waals surface area contributed by atoms with Crippen LogP contribution in [0.1, 0.15) is 51.9 Å². The lowest BCUT2D eigenvalue weighted by molar-refractivity contribution is 0.195. The molecule has 1 unspecified atom stereocenters. The first-order valence-corrected chi connectivity index (χ1v) is 7.74. The summed E-state index contributed by atoms with van der Waals surface area (Å²) in [5.41, 5.74) is 0.574. The van der Waals surface area contributed by atoms with E-state index in [0.29, 0.717) is 5.41 Å². The van der Waals surface area contributed by atoms with Gasteiger partial charge in [-0.3, -0.25) is 0 Å². The molecule has 1 heterocycles. The van der Waals surface area contributed by atoms with Crippen LogP contribution in [0.5, 0.6) is 0 Å². The average molecular weight is 241 g/mol. The van der Waals surface area contributed by atoms with E-state index in [1.807, 2.05) is 0 Å². The van der Waals surface area contributed by atoms with Crippen LogP contribution >= 0.6 is 12.6 Å². The second kappa shape index (κ2) is 5.77. The summed E-state index contributed by atoms with van der Waals surface area (Å²) in [4.78, 5) is 2.72. The number of likely N-dealkylation sites (tertiary alicyclic amines) is 1. The zero-order chi connectivity index (χ0) is 11.4. The minimum atomic E-state index is 0.574. The molecule has 0 aromatic carbocycles. The molecule has 1 atom stereocenters. The first kappa shape index (κ1) is 12.8. The van der Waals surface area contributed by atoms with E-state index in [2.05, 4.69) is 24.5 Å². The van der Waals surface area contributed by atoms with E-state index in [4.69, 9.17) is 0 Å². The second-order valence-electron chi connectivity index (χ2n) is 6.04. The molecule has 1 aliphatic carbocycles. The van der Waals surface area contributed by atoms with Gasteiger partial charge in [-0.1, -0.05) is 26.2 Å². The van der Waals surface area contributed by atoms with E-state index in [-0.39, 0.29) is 0 Å². The van der Waals surface area contributed by atoms with Gasteiger partial charge in [0, 0.05) is 13.1 Å². The van der Waals surface area contributed by atoms with Crippen molar-refractivity contribution in [1.82, 2.24) is 4.90 Å². The van der Waals surface area contributed by atoms with Gasteiger partial charge in [-0.15, -0.1) is 0 Å². The van der Waals surface area contributed by atoms with Crippen LogP contribution in [0, 0.1) is 11.3 Å². The van der Waals surface area contributed by atoms with Gasteiger partial charge >= 0.3 is 0 Å². The van der Waals surface area contributed by atoms with Crippen molar-refractivity contribution in [3.05, 3.63) is 0 Å². The SMILES string of the molecule is CCCC1CCN(CC2(CS)CCCC2)C1. The van der Waals surface area contributed by atoms with Crippen molar-refractivity contribution in [2.45, 2.75) is 51.9 Å². The molecule has 2 rings (SSSR count). The zero-order valence-electron chi connectivity index (χ0n) is 10.7. The van der Waals surface area contributed by atoms with Crippen LogP contribution in [0.15, 0.2) is 0 Å². The topological polar surface area (TPSA) is 3.24 Å². The van der Waals surface area contributed by atoms with Gasteiger partial charge in [-0.2, -0.15) is 12.6 Å². The molecule has 0 spiro atoms. The highest BCUT2D eigenvalue weighted by atomic mass is 32.1. The summed E-state index contributed by atoms with van der Waals surface area (Å²) in [6.07, 6.45) is 9.95. The third-order valence-corrected chi connectivity index (χ3v) is 5.30. The molecule has 16 heavy (non-hydrogen) atoms. The molecule has 1 saturated heterocycles. The lowest BCUT2D eigenvalue weighted by atomic mass is 9.88. The third-order valence-electron chi connectivity index (χ3n) is 4.63. The molecule has 0 bridgehead atoms. The zero-order valence-corrected chi connectivity index (χ0v) is 11.6. The maximum Gasteiger partial charge on any atom is 0.00459 e. The standard InChI is InChI=1S/C14H27NS/c1-2-5-13-6-9-15(10-13)11-14(12-16)7-3-4-8-14/h13,16H,2-12H2,1H3. The molecule has 2 heteroatoms. The first-order valence-electron chi connectivity index (χ1n) is 7.11. The predicted octanol–water partition coefficient (Wildman–Crippen LogP) is 3.60. The van der Waals surface area contributed by atoms with Gasteiger partial charge < -0.3 is 4.90 Å². The Hall–Kier alpha value is 0.310. The van der Waals surface area contributed by atoms with Gasteiger partial charge in [-0.05, 0) is 49.3 Å². The highest BCUT2D eigenvalue weighted by Crippen LogP contribution is 2.40. The molecule has 2 fully saturated rings. The molecular weight excluding hydrogens is 214 g/mol. The Morgan fingerprint density at radius 1 is 1.31 bits per heavy atom. The maximum absolute atomic E-state index is 4.61. The van der Waals surface area contributed by atoms with Crippen LogP contribution in [0.4, 0.5) is 0 Å². The molecule has 0 radical (unpaired) electrons. The van der Waals surface area contributed by atoms with E-state index in [0.717, 1.165) is 11.7 Å². The summed E-state index contributed by atoms with van der Waals surface area (Å²) < 4.78 is 0. The summed E-state index contributed by atoms with van der Waals surface area (Å²) in [7, 11) is 0. The minimum Gasteiger partial charge on any atom is -0.302 e. The molecule has 0 aromatic heterocycles. The van der Waals surface area contributed by atoms with Crippen molar-refractivity contribution in [3.8, 4) is 0 Å². The first-order chi connectivity index (χ1) is 7.78. The van der Waals surface area contributed by atoms with E-state index < -0.39 is 0 Å². The van der Waals surface area contributed by atoms with Crippen LogP contribution in [-0.4, -0.2) is 30.3 Å². The van der Waals surface area contributed by atoms with E-state index in [1.54, 1.807) is 0 Å². The Morgan fingerprint density at radius 2 is 2.06 bits per heavy atom. The molecule has 0 aromatic rings. The molecule has 1 saturated carbocycles. The number of rotatable bonds is 5. The van der Waals surface area contributed by atoms with Gasteiger partial charge in [0.1, 0.15) is 0 Å². The molecule has 1 aliphatic heterocycles. The molecule has 0 N–H and O–H groups in total. The Kier molecular flexibility index (Phi) is 4.60. The van der Waals surface area contributed by atoms with Crippen molar-refractivity contribution < 1.29 is 0 Å². The average Bonchev–Trinajstić information content (AvgIpc) is 2.90. The maximum atomic E-state index is 4.61. The van der Waals surface area contributed by atoms with E-state index >= 15 is 0 Å². The lowest BCUT2D eigenvalue weighted by Gasteiger charge is -2.32. The van der Waals surface area contributed by atoms with Gasteiger partial charge in [-0.25, -0.2) is 0 Å². The van der Waals surface area contributed by atoms with Gasteiger partial charge in [0.2, 0.25) is 0 Å². The van der Waals surface area contributed by atoms with Gasteiger partial charge in [0.05, 0.1) is 0 Å². The highest BCUT2D eigenvalue weighted by Gasteiger charge is 2.36. The normalized spacial score (nSPS) is 30.0. The summed E-state index contributed by atoms with van der Waals surface area (Å²) in [5.74, 6) is 2.09. The van der Waals surface area contributed by atoms with Crippen LogP contribution in [0.3, 0.4) is 0 Å². The Labute approximate surface area is 106 Å².